The van der Waals surface area contributed by atoms with Crippen molar-refractivity contribution in [3.05, 3.63) is 23.8 Å². The SMILES string of the molecule is CC(C)N1C(=O)CNc2cccc(C(F)(F)F)c21. The number of carbonyl (C=O) groups is 1. The maximum atomic E-state index is 13.0. The number of fused-ring (bicyclic) bond motifs is 1. The van der Waals surface area contributed by atoms with Crippen LogP contribution in [0.1, 0.15) is 19.4 Å². The molecule has 0 unspecified atom stereocenters. The maximum Gasteiger partial charge on any atom is 0.418 e. The number of hydrogen-bond acceptors (Lipinski definition) is 2. The lowest BCUT2D eigenvalue weighted by atomic mass is 10.1. The zero-order valence-corrected chi connectivity index (χ0v) is 10.0. The first-order chi connectivity index (χ1) is 8.32. The number of nitrogens with zero attached hydrogens (tertiary/aromatic N) is 1. The van der Waals surface area contributed by atoms with Crippen molar-refractivity contribution in [3.63, 3.8) is 0 Å². The molecule has 1 aliphatic rings. The number of carbonyl (C=O) groups excluding carboxylic acids is 1. The van der Waals surface area contributed by atoms with E-state index in [4.69, 9.17) is 0 Å². The monoisotopic (exact) mass is 258 g/mol. The van der Waals surface area contributed by atoms with Crippen LogP contribution in [0.2, 0.25) is 0 Å². The van der Waals surface area contributed by atoms with Crippen molar-refractivity contribution in [1.82, 2.24) is 0 Å². The van der Waals surface area contributed by atoms with Gasteiger partial charge in [0.1, 0.15) is 0 Å². The fourth-order valence-electron chi connectivity index (χ4n) is 2.10. The van der Waals surface area contributed by atoms with E-state index in [-0.39, 0.29) is 24.2 Å². The van der Waals surface area contributed by atoms with Gasteiger partial charge in [0.25, 0.3) is 0 Å². The molecule has 1 aromatic carbocycles. The Bertz CT molecular complexity index is 483. The van der Waals surface area contributed by atoms with Gasteiger partial charge in [0, 0.05) is 6.04 Å². The number of hydrogen-bond donors (Lipinski definition) is 1. The van der Waals surface area contributed by atoms with Crippen LogP contribution in [0.15, 0.2) is 18.2 Å². The average Bonchev–Trinajstić information content (AvgIpc) is 2.26. The van der Waals surface area contributed by atoms with Gasteiger partial charge < -0.3 is 10.2 Å². The Kier molecular flexibility index (Phi) is 2.96. The van der Waals surface area contributed by atoms with Gasteiger partial charge in [-0.05, 0) is 26.0 Å². The van der Waals surface area contributed by atoms with Crippen molar-refractivity contribution in [2.75, 3.05) is 16.8 Å². The van der Waals surface area contributed by atoms with E-state index in [1.165, 1.54) is 11.0 Å². The van der Waals surface area contributed by atoms with Crippen LogP contribution in [0.4, 0.5) is 24.5 Å². The fourth-order valence-corrected chi connectivity index (χ4v) is 2.10. The summed E-state index contributed by atoms with van der Waals surface area (Å²) in [5.74, 6) is -0.353. The van der Waals surface area contributed by atoms with Gasteiger partial charge in [-0.3, -0.25) is 4.79 Å². The molecule has 1 aliphatic heterocycles. The lowest BCUT2D eigenvalue weighted by Crippen LogP contribution is -2.45. The molecule has 1 amide bonds. The van der Waals surface area contributed by atoms with E-state index in [1.54, 1.807) is 19.9 Å². The summed E-state index contributed by atoms with van der Waals surface area (Å²) in [6.07, 6.45) is -4.47. The smallest absolute Gasteiger partial charge is 0.374 e. The minimum Gasteiger partial charge on any atom is -0.374 e. The number of amides is 1. The van der Waals surface area contributed by atoms with Gasteiger partial charge in [-0.2, -0.15) is 13.2 Å². The second-order valence-electron chi connectivity index (χ2n) is 4.41. The van der Waals surface area contributed by atoms with Gasteiger partial charge >= 0.3 is 6.18 Å². The normalized spacial score (nSPS) is 15.7. The van der Waals surface area contributed by atoms with Gasteiger partial charge in [-0.1, -0.05) is 6.07 Å². The Labute approximate surface area is 103 Å². The van der Waals surface area contributed by atoms with Crippen molar-refractivity contribution < 1.29 is 18.0 Å². The highest BCUT2D eigenvalue weighted by Crippen LogP contribution is 2.42. The highest BCUT2D eigenvalue weighted by Gasteiger charge is 2.39. The first-order valence-corrected chi connectivity index (χ1v) is 5.58. The van der Waals surface area contributed by atoms with Crippen LogP contribution in [0.3, 0.4) is 0 Å². The molecule has 1 aromatic rings. The van der Waals surface area contributed by atoms with Crippen LogP contribution in [0.5, 0.6) is 0 Å². The zero-order chi connectivity index (χ0) is 13.5. The summed E-state index contributed by atoms with van der Waals surface area (Å²) >= 11 is 0. The molecule has 3 nitrogen and oxygen atoms in total. The zero-order valence-electron chi connectivity index (χ0n) is 10.0. The summed E-state index contributed by atoms with van der Waals surface area (Å²) in [4.78, 5) is 13.0. The van der Waals surface area contributed by atoms with Gasteiger partial charge in [-0.25, -0.2) is 0 Å². The highest BCUT2D eigenvalue weighted by molar-refractivity contribution is 6.04. The molecule has 0 saturated heterocycles. The van der Waals surface area contributed by atoms with E-state index in [1.807, 2.05) is 0 Å². The minimum absolute atomic E-state index is 0.0203. The second-order valence-corrected chi connectivity index (χ2v) is 4.41. The summed E-state index contributed by atoms with van der Waals surface area (Å²) < 4.78 is 38.9. The van der Waals surface area contributed by atoms with Crippen LogP contribution in [-0.4, -0.2) is 18.5 Å². The second kappa shape index (κ2) is 4.19. The molecular weight excluding hydrogens is 245 g/mol. The summed E-state index contributed by atoms with van der Waals surface area (Å²) in [5.41, 5.74) is -0.511. The third-order valence-corrected chi connectivity index (χ3v) is 2.80. The minimum atomic E-state index is -4.47. The van der Waals surface area contributed by atoms with Crippen LogP contribution in [0, 0.1) is 0 Å². The van der Waals surface area contributed by atoms with E-state index in [0.717, 1.165) is 6.07 Å². The Hall–Kier alpha value is -1.72. The van der Waals surface area contributed by atoms with E-state index in [2.05, 4.69) is 5.32 Å². The molecule has 0 aliphatic carbocycles. The van der Waals surface area contributed by atoms with Gasteiger partial charge in [-0.15, -0.1) is 0 Å². The standard InChI is InChI=1S/C12H13F3N2O/c1-7(2)17-10(18)6-16-9-5-3-4-8(11(9)17)12(13,14)15/h3-5,7,16H,6H2,1-2H3. The van der Waals surface area contributed by atoms with E-state index < -0.39 is 11.7 Å². The van der Waals surface area contributed by atoms with Gasteiger partial charge in [0.2, 0.25) is 5.91 Å². The summed E-state index contributed by atoms with van der Waals surface area (Å²) in [6, 6.07) is 3.56. The quantitative estimate of drug-likeness (QED) is 0.840. The molecule has 0 atom stereocenters. The molecule has 18 heavy (non-hydrogen) atoms. The Morgan fingerprint density at radius 1 is 1.33 bits per heavy atom. The number of halogens is 3. The van der Waals surface area contributed by atoms with Crippen LogP contribution in [-0.2, 0) is 11.0 Å². The fraction of sp³-hybridized carbons (Fsp3) is 0.417. The Morgan fingerprint density at radius 2 is 2.00 bits per heavy atom. The molecule has 0 spiro atoms. The molecular formula is C12H13F3N2O. The molecule has 0 saturated carbocycles. The first-order valence-electron chi connectivity index (χ1n) is 5.58. The molecule has 6 heteroatoms. The average molecular weight is 258 g/mol. The van der Waals surface area contributed by atoms with Gasteiger partial charge in [0.15, 0.2) is 0 Å². The van der Waals surface area contributed by atoms with E-state index >= 15 is 0 Å². The maximum absolute atomic E-state index is 13.0. The van der Waals surface area contributed by atoms with Crippen molar-refractivity contribution >= 4 is 17.3 Å². The van der Waals surface area contributed by atoms with Crippen molar-refractivity contribution in [3.8, 4) is 0 Å². The van der Waals surface area contributed by atoms with Crippen LogP contribution < -0.4 is 10.2 Å². The summed E-state index contributed by atoms with van der Waals surface area (Å²) in [7, 11) is 0. The molecule has 0 fully saturated rings. The predicted octanol–water partition coefficient (Wildman–Crippen LogP) is 2.87. The summed E-state index contributed by atoms with van der Waals surface area (Å²) in [5, 5.41) is 2.72. The van der Waals surface area contributed by atoms with Crippen LogP contribution >= 0.6 is 0 Å². The number of anilines is 2. The molecule has 1 heterocycles. The molecule has 2 rings (SSSR count). The largest absolute Gasteiger partial charge is 0.418 e. The highest BCUT2D eigenvalue weighted by atomic mass is 19.4. The van der Waals surface area contributed by atoms with Crippen LogP contribution in [0.25, 0.3) is 0 Å². The third-order valence-electron chi connectivity index (χ3n) is 2.80. The number of nitrogens with one attached hydrogen (secondary N) is 1. The molecule has 0 radical (unpaired) electrons. The lowest BCUT2D eigenvalue weighted by molar-refractivity contribution is -0.137. The third kappa shape index (κ3) is 2.02. The van der Waals surface area contributed by atoms with Crippen molar-refractivity contribution in [2.45, 2.75) is 26.1 Å². The Morgan fingerprint density at radius 3 is 2.56 bits per heavy atom. The molecule has 0 aromatic heterocycles. The predicted molar refractivity (Wildman–Crippen MR) is 62.6 cm³/mol. The molecule has 0 bridgehead atoms. The van der Waals surface area contributed by atoms with E-state index in [9.17, 15) is 18.0 Å². The number of rotatable bonds is 1. The molecule has 1 N–H and O–H groups in total. The number of benzene rings is 1. The van der Waals surface area contributed by atoms with E-state index in [0.29, 0.717) is 5.69 Å². The molecule has 98 valence electrons. The topological polar surface area (TPSA) is 32.3 Å². The first kappa shape index (κ1) is 12.7. The van der Waals surface area contributed by atoms with Crippen molar-refractivity contribution in [1.29, 1.82) is 0 Å². The Balaban J connectivity index is 2.65. The van der Waals surface area contributed by atoms with Gasteiger partial charge in [0.05, 0.1) is 23.5 Å². The number of para-hydroxylation sites is 1. The van der Waals surface area contributed by atoms with Crippen molar-refractivity contribution in [2.24, 2.45) is 0 Å². The number of alkyl halides is 3. The summed E-state index contributed by atoms with van der Waals surface area (Å²) in [6.45, 7) is 3.41. The lowest BCUT2D eigenvalue weighted by Gasteiger charge is -2.35.